The van der Waals surface area contributed by atoms with Gasteiger partial charge < -0.3 is 39.6 Å². The third-order valence-corrected chi connectivity index (χ3v) is 4.55. The molecule has 0 aliphatic carbocycles. The molecular weight excluding hydrogens is 414 g/mol. The number of aliphatic hydroxyl groups is 1. The standard InChI is InChI=1S/C23H39N3O6/c1-23(2,3)18-30-14-15-31-20-4-6-21(7-5-20)32-17-19(27)16-24-8-9-25-22(28)26-10-12-29-13-11-26/h4-7,19,24,27H,8-18H2,1-3H3,(H,25,28). The number of nitrogens with zero attached hydrogens (tertiary/aromatic N) is 1. The van der Waals surface area contributed by atoms with Crippen molar-refractivity contribution in [1.29, 1.82) is 0 Å². The molecule has 1 aromatic rings. The van der Waals surface area contributed by atoms with Gasteiger partial charge in [0.1, 0.15) is 30.8 Å². The van der Waals surface area contributed by atoms with E-state index < -0.39 is 6.10 Å². The number of hydrogen-bond acceptors (Lipinski definition) is 7. The molecule has 1 aliphatic rings. The van der Waals surface area contributed by atoms with Crippen LogP contribution in [0.25, 0.3) is 0 Å². The Kier molecular flexibility index (Phi) is 11.6. The van der Waals surface area contributed by atoms with Crippen LogP contribution in [0.15, 0.2) is 24.3 Å². The van der Waals surface area contributed by atoms with E-state index in [1.165, 1.54) is 0 Å². The molecule has 182 valence electrons. The molecule has 9 heteroatoms. The van der Waals surface area contributed by atoms with Gasteiger partial charge in [-0.1, -0.05) is 20.8 Å². The van der Waals surface area contributed by atoms with Crippen LogP contribution in [-0.2, 0) is 9.47 Å². The van der Waals surface area contributed by atoms with Gasteiger partial charge >= 0.3 is 6.03 Å². The van der Waals surface area contributed by atoms with E-state index >= 15 is 0 Å². The van der Waals surface area contributed by atoms with Crippen LogP contribution in [-0.4, -0.2) is 94.5 Å². The topological polar surface area (TPSA) is 102 Å². The Morgan fingerprint density at radius 1 is 1.09 bits per heavy atom. The van der Waals surface area contributed by atoms with Crippen molar-refractivity contribution in [1.82, 2.24) is 15.5 Å². The number of hydrogen-bond donors (Lipinski definition) is 3. The molecule has 9 nitrogen and oxygen atoms in total. The first-order chi connectivity index (χ1) is 15.3. The van der Waals surface area contributed by atoms with Gasteiger partial charge in [-0.05, 0) is 29.7 Å². The number of carbonyl (C=O) groups excluding carboxylic acids is 1. The summed E-state index contributed by atoms with van der Waals surface area (Å²) >= 11 is 0. The molecule has 0 aromatic heterocycles. The highest BCUT2D eigenvalue weighted by Crippen LogP contribution is 2.18. The first kappa shape index (κ1) is 26.2. The van der Waals surface area contributed by atoms with Crippen LogP contribution in [0, 0.1) is 5.41 Å². The summed E-state index contributed by atoms with van der Waals surface area (Å²) in [7, 11) is 0. The molecule has 1 unspecified atom stereocenters. The number of urea groups is 1. The molecule has 0 spiro atoms. The molecule has 1 aromatic carbocycles. The van der Waals surface area contributed by atoms with E-state index in [9.17, 15) is 9.90 Å². The number of benzene rings is 1. The van der Waals surface area contributed by atoms with Gasteiger partial charge in [-0.3, -0.25) is 0 Å². The molecule has 1 heterocycles. The normalized spacial score (nSPS) is 15.3. The summed E-state index contributed by atoms with van der Waals surface area (Å²) in [5.74, 6) is 1.41. The number of nitrogens with one attached hydrogen (secondary N) is 2. The lowest BCUT2D eigenvalue weighted by molar-refractivity contribution is 0.0514. The Morgan fingerprint density at radius 2 is 1.75 bits per heavy atom. The van der Waals surface area contributed by atoms with Gasteiger partial charge in [-0.15, -0.1) is 0 Å². The Labute approximate surface area is 191 Å². The van der Waals surface area contributed by atoms with E-state index in [4.69, 9.17) is 18.9 Å². The quantitative estimate of drug-likeness (QED) is 0.389. The average molecular weight is 454 g/mol. The van der Waals surface area contributed by atoms with Crippen molar-refractivity contribution in [3.05, 3.63) is 24.3 Å². The molecule has 1 atom stereocenters. The zero-order valence-electron chi connectivity index (χ0n) is 19.6. The van der Waals surface area contributed by atoms with Crippen LogP contribution < -0.4 is 20.1 Å². The number of rotatable bonds is 13. The van der Waals surface area contributed by atoms with Crippen LogP contribution in [0.3, 0.4) is 0 Å². The summed E-state index contributed by atoms with van der Waals surface area (Å²) < 4.78 is 22.1. The lowest BCUT2D eigenvalue weighted by atomic mass is 9.99. The van der Waals surface area contributed by atoms with Gasteiger partial charge in [0.15, 0.2) is 0 Å². The first-order valence-electron chi connectivity index (χ1n) is 11.3. The van der Waals surface area contributed by atoms with Crippen molar-refractivity contribution in [3.63, 3.8) is 0 Å². The fourth-order valence-electron chi connectivity index (χ4n) is 2.88. The SMILES string of the molecule is CC(C)(C)COCCOc1ccc(OCC(O)CNCCNC(=O)N2CCOCC2)cc1. The van der Waals surface area contributed by atoms with Gasteiger partial charge in [0.25, 0.3) is 0 Å². The smallest absolute Gasteiger partial charge is 0.317 e. The fourth-order valence-corrected chi connectivity index (χ4v) is 2.88. The molecule has 0 bridgehead atoms. The third kappa shape index (κ3) is 11.5. The Morgan fingerprint density at radius 3 is 2.41 bits per heavy atom. The maximum absolute atomic E-state index is 11.9. The minimum atomic E-state index is -0.652. The Hall–Kier alpha value is -2.07. The van der Waals surface area contributed by atoms with Crippen molar-refractivity contribution in [2.45, 2.75) is 26.9 Å². The molecule has 2 rings (SSSR count). The average Bonchev–Trinajstić information content (AvgIpc) is 2.77. The van der Waals surface area contributed by atoms with Gasteiger partial charge in [0.2, 0.25) is 0 Å². The lowest BCUT2D eigenvalue weighted by Gasteiger charge is -2.27. The molecule has 0 radical (unpaired) electrons. The fraction of sp³-hybridized carbons (Fsp3) is 0.696. The molecule has 1 aliphatic heterocycles. The summed E-state index contributed by atoms with van der Waals surface area (Å²) in [4.78, 5) is 13.7. The maximum Gasteiger partial charge on any atom is 0.317 e. The van der Waals surface area contributed by atoms with Gasteiger partial charge in [-0.25, -0.2) is 4.79 Å². The van der Waals surface area contributed by atoms with E-state index in [0.29, 0.717) is 71.5 Å². The third-order valence-electron chi connectivity index (χ3n) is 4.55. The Balaban J connectivity index is 1.50. The summed E-state index contributed by atoms with van der Waals surface area (Å²) in [6.07, 6.45) is -0.652. The van der Waals surface area contributed by atoms with Crippen molar-refractivity contribution >= 4 is 6.03 Å². The van der Waals surface area contributed by atoms with E-state index in [0.717, 1.165) is 5.75 Å². The van der Waals surface area contributed by atoms with E-state index in [1.54, 1.807) is 4.90 Å². The minimum Gasteiger partial charge on any atom is -0.491 e. The molecule has 3 N–H and O–H groups in total. The number of carbonyl (C=O) groups is 1. The number of morpholine rings is 1. The number of aliphatic hydroxyl groups excluding tert-OH is 1. The first-order valence-corrected chi connectivity index (χ1v) is 11.3. The second-order valence-electron chi connectivity index (χ2n) is 8.93. The summed E-state index contributed by atoms with van der Waals surface area (Å²) in [5.41, 5.74) is 0.151. The Bertz CT molecular complexity index is 644. The zero-order chi connectivity index (χ0) is 23.2. The van der Waals surface area contributed by atoms with E-state index in [-0.39, 0.29) is 18.1 Å². The van der Waals surface area contributed by atoms with Crippen LogP contribution in [0.1, 0.15) is 20.8 Å². The van der Waals surface area contributed by atoms with Gasteiger partial charge in [0, 0.05) is 32.7 Å². The highest BCUT2D eigenvalue weighted by atomic mass is 16.5. The van der Waals surface area contributed by atoms with Crippen molar-refractivity contribution in [2.75, 3.05) is 72.4 Å². The predicted molar refractivity (Wildman–Crippen MR) is 122 cm³/mol. The van der Waals surface area contributed by atoms with Crippen LogP contribution in [0.4, 0.5) is 4.79 Å². The van der Waals surface area contributed by atoms with Gasteiger partial charge in [-0.2, -0.15) is 0 Å². The van der Waals surface area contributed by atoms with E-state index in [1.807, 2.05) is 24.3 Å². The van der Waals surface area contributed by atoms with Crippen LogP contribution >= 0.6 is 0 Å². The second kappa shape index (κ2) is 14.2. The monoisotopic (exact) mass is 453 g/mol. The molecular formula is C23H39N3O6. The van der Waals surface area contributed by atoms with E-state index in [2.05, 4.69) is 31.4 Å². The molecule has 0 saturated carbocycles. The molecule has 1 fully saturated rings. The minimum absolute atomic E-state index is 0.0798. The number of amides is 2. The highest BCUT2D eigenvalue weighted by Gasteiger charge is 2.15. The van der Waals surface area contributed by atoms with Gasteiger partial charge in [0.05, 0.1) is 26.4 Å². The predicted octanol–water partition coefficient (Wildman–Crippen LogP) is 1.50. The van der Waals surface area contributed by atoms with Crippen LogP contribution in [0.2, 0.25) is 0 Å². The number of ether oxygens (including phenoxy) is 4. The lowest BCUT2D eigenvalue weighted by Crippen LogP contribution is -2.47. The molecule has 32 heavy (non-hydrogen) atoms. The molecule has 2 amide bonds. The zero-order valence-corrected chi connectivity index (χ0v) is 19.6. The summed E-state index contributed by atoms with van der Waals surface area (Å²) in [6, 6.07) is 7.21. The maximum atomic E-state index is 11.9. The van der Waals surface area contributed by atoms with Crippen LogP contribution in [0.5, 0.6) is 11.5 Å². The largest absolute Gasteiger partial charge is 0.491 e. The van der Waals surface area contributed by atoms with Crippen molar-refractivity contribution in [3.8, 4) is 11.5 Å². The summed E-state index contributed by atoms with van der Waals surface area (Å²) in [6.45, 7) is 12.2. The summed E-state index contributed by atoms with van der Waals surface area (Å²) in [5, 5.41) is 16.0. The molecule has 1 saturated heterocycles. The van der Waals surface area contributed by atoms with Crippen molar-refractivity contribution < 1.29 is 28.8 Å². The highest BCUT2D eigenvalue weighted by molar-refractivity contribution is 5.74. The van der Waals surface area contributed by atoms with Crippen molar-refractivity contribution in [2.24, 2.45) is 5.41 Å². The second-order valence-corrected chi connectivity index (χ2v) is 8.93.